The molecule has 2 rings (SSSR count). The van der Waals surface area contributed by atoms with Crippen LogP contribution in [0.15, 0.2) is 24.3 Å². The first-order valence-electron chi connectivity index (χ1n) is 6.15. The number of benzene rings is 1. The third-order valence-corrected chi connectivity index (χ3v) is 3.89. The van der Waals surface area contributed by atoms with Crippen molar-refractivity contribution in [1.29, 1.82) is 0 Å². The van der Waals surface area contributed by atoms with Crippen molar-refractivity contribution in [2.45, 2.75) is 10.7 Å². The van der Waals surface area contributed by atoms with Gasteiger partial charge < -0.3 is 19.8 Å². The van der Waals surface area contributed by atoms with Crippen LogP contribution < -0.4 is 0 Å². The number of rotatable bonds is 3. The molecule has 1 saturated heterocycles. The monoisotopic (exact) mass is 347 g/mol. The van der Waals surface area contributed by atoms with Crippen LogP contribution in [0.4, 0.5) is 4.39 Å². The first kappa shape index (κ1) is 15.2. The number of carbonyl (C=O) groups is 1. The number of ether oxygens (including phenoxy) is 1. The molecule has 5 nitrogen and oxygen atoms in total. The van der Waals surface area contributed by atoms with Gasteiger partial charge in [-0.05, 0) is 33.6 Å². The second kappa shape index (κ2) is 6.07. The van der Waals surface area contributed by atoms with Gasteiger partial charge in [0.25, 0.3) is 10.5 Å². The SMILES string of the molecule is O=C(N1CCOCC1)[C@](F)(Br)[C@@H](O)c1cccc(O)c1. The number of morpholine rings is 1. The van der Waals surface area contributed by atoms with Crippen molar-refractivity contribution in [3.63, 3.8) is 0 Å². The Hall–Kier alpha value is -1.18. The van der Waals surface area contributed by atoms with Gasteiger partial charge in [-0.3, -0.25) is 4.79 Å². The van der Waals surface area contributed by atoms with E-state index in [0.29, 0.717) is 13.2 Å². The van der Waals surface area contributed by atoms with Gasteiger partial charge in [-0.2, -0.15) is 0 Å². The van der Waals surface area contributed by atoms with Gasteiger partial charge in [0.1, 0.15) is 11.9 Å². The van der Waals surface area contributed by atoms with Crippen LogP contribution in [0.5, 0.6) is 5.75 Å². The quantitative estimate of drug-likeness (QED) is 0.809. The highest BCUT2D eigenvalue weighted by Crippen LogP contribution is 2.38. The average molecular weight is 348 g/mol. The number of nitrogens with zero attached hydrogens (tertiary/aromatic N) is 1. The predicted molar refractivity (Wildman–Crippen MR) is 73.2 cm³/mol. The lowest BCUT2D eigenvalue weighted by Crippen LogP contribution is -2.50. The Labute approximate surface area is 124 Å². The van der Waals surface area contributed by atoms with E-state index in [9.17, 15) is 19.4 Å². The Morgan fingerprint density at radius 2 is 2.10 bits per heavy atom. The molecule has 0 radical (unpaired) electrons. The zero-order chi connectivity index (χ0) is 14.8. The molecule has 110 valence electrons. The second-order valence-corrected chi connectivity index (χ2v) is 5.68. The van der Waals surface area contributed by atoms with Crippen LogP contribution in [0, 0.1) is 0 Å². The highest BCUT2D eigenvalue weighted by molar-refractivity contribution is 9.10. The molecule has 1 aliphatic heterocycles. The number of amides is 1. The highest BCUT2D eigenvalue weighted by atomic mass is 79.9. The number of aromatic hydroxyl groups is 1. The van der Waals surface area contributed by atoms with Crippen LogP contribution in [0.1, 0.15) is 11.7 Å². The van der Waals surface area contributed by atoms with E-state index in [0.717, 1.165) is 0 Å². The summed E-state index contributed by atoms with van der Waals surface area (Å²) in [4.78, 5) is 13.4. The number of aliphatic hydroxyl groups is 1. The number of phenols is 1. The third-order valence-electron chi connectivity index (χ3n) is 3.11. The first-order valence-corrected chi connectivity index (χ1v) is 6.94. The molecule has 1 heterocycles. The number of aliphatic hydroxyl groups excluding tert-OH is 1. The standard InChI is InChI=1S/C13H15BrFNO4/c14-13(15,12(19)16-4-6-20-7-5-16)11(18)9-2-1-3-10(17)8-9/h1-3,8,11,17-18H,4-7H2/t11-,13-/m0/s1. The molecular weight excluding hydrogens is 333 g/mol. The Morgan fingerprint density at radius 3 is 2.70 bits per heavy atom. The molecule has 0 bridgehead atoms. The van der Waals surface area contributed by atoms with Crippen molar-refractivity contribution < 1.29 is 24.1 Å². The van der Waals surface area contributed by atoms with Crippen molar-refractivity contribution in [1.82, 2.24) is 4.90 Å². The summed E-state index contributed by atoms with van der Waals surface area (Å²) in [7, 11) is 0. The van der Waals surface area contributed by atoms with Gasteiger partial charge >= 0.3 is 0 Å². The summed E-state index contributed by atoms with van der Waals surface area (Å²) in [5.41, 5.74) is 0.117. The van der Waals surface area contributed by atoms with E-state index in [1.165, 1.54) is 29.2 Å². The summed E-state index contributed by atoms with van der Waals surface area (Å²) < 4.78 is 17.1. The lowest BCUT2D eigenvalue weighted by atomic mass is 10.0. The minimum absolute atomic E-state index is 0.108. The van der Waals surface area contributed by atoms with E-state index in [2.05, 4.69) is 15.9 Å². The molecule has 1 aromatic rings. The fraction of sp³-hybridized carbons (Fsp3) is 0.462. The molecule has 7 heteroatoms. The Balaban J connectivity index is 2.17. The molecule has 1 aliphatic rings. The van der Waals surface area contributed by atoms with Gasteiger partial charge in [-0.15, -0.1) is 0 Å². The van der Waals surface area contributed by atoms with Gasteiger partial charge in [-0.1, -0.05) is 12.1 Å². The highest BCUT2D eigenvalue weighted by Gasteiger charge is 2.47. The number of alkyl halides is 2. The van der Waals surface area contributed by atoms with Crippen molar-refractivity contribution in [3.8, 4) is 5.75 Å². The van der Waals surface area contributed by atoms with E-state index < -0.39 is 16.6 Å². The number of carbonyl (C=O) groups excluding carboxylic acids is 1. The summed E-state index contributed by atoms with van der Waals surface area (Å²) in [5, 5.41) is 19.4. The fourth-order valence-electron chi connectivity index (χ4n) is 2.00. The van der Waals surface area contributed by atoms with Gasteiger partial charge in [0.2, 0.25) is 0 Å². The minimum atomic E-state index is -2.64. The van der Waals surface area contributed by atoms with Crippen LogP contribution >= 0.6 is 15.9 Å². The molecule has 0 saturated carbocycles. The van der Waals surface area contributed by atoms with E-state index in [1.54, 1.807) is 0 Å². The van der Waals surface area contributed by atoms with Crippen LogP contribution in [-0.4, -0.2) is 51.9 Å². The Kier molecular flexibility index (Phi) is 4.62. The molecule has 1 amide bonds. The Bertz CT molecular complexity index is 491. The lowest BCUT2D eigenvalue weighted by Gasteiger charge is -2.33. The zero-order valence-corrected chi connectivity index (χ0v) is 12.2. The van der Waals surface area contributed by atoms with Crippen LogP contribution in [-0.2, 0) is 9.53 Å². The second-order valence-electron chi connectivity index (χ2n) is 4.53. The molecular formula is C13H15BrFNO4. The van der Waals surface area contributed by atoms with E-state index in [1.807, 2.05) is 0 Å². The number of phenolic OH excluding ortho intramolecular Hbond substituents is 1. The largest absolute Gasteiger partial charge is 0.508 e. The van der Waals surface area contributed by atoms with Crippen molar-refractivity contribution in [2.24, 2.45) is 0 Å². The summed E-state index contributed by atoms with van der Waals surface area (Å²) in [6.45, 7) is 1.25. The predicted octanol–water partition coefficient (Wildman–Crippen LogP) is 1.35. The smallest absolute Gasteiger partial charge is 0.274 e. The average Bonchev–Trinajstić information content (AvgIpc) is 2.46. The van der Waals surface area contributed by atoms with E-state index in [4.69, 9.17) is 4.74 Å². The lowest BCUT2D eigenvalue weighted by molar-refractivity contribution is -0.147. The molecule has 2 atom stereocenters. The fourth-order valence-corrected chi connectivity index (χ4v) is 2.51. The summed E-state index contributed by atoms with van der Waals surface area (Å²) in [6.07, 6.45) is -1.72. The molecule has 20 heavy (non-hydrogen) atoms. The number of halogens is 2. The molecule has 1 fully saturated rings. The maximum absolute atomic E-state index is 14.6. The molecule has 0 aliphatic carbocycles. The van der Waals surface area contributed by atoms with Crippen molar-refractivity contribution >= 4 is 21.8 Å². The molecule has 2 N–H and O–H groups in total. The maximum Gasteiger partial charge on any atom is 0.274 e. The summed E-state index contributed by atoms with van der Waals surface area (Å²) in [5.74, 6) is -0.958. The zero-order valence-electron chi connectivity index (χ0n) is 10.6. The topological polar surface area (TPSA) is 70.0 Å². The molecule has 0 unspecified atom stereocenters. The van der Waals surface area contributed by atoms with Crippen LogP contribution in [0.3, 0.4) is 0 Å². The van der Waals surface area contributed by atoms with Crippen molar-refractivity contribution in [3.05, 3.63) is 29.8 Å². The van der Waals surface area contributed by atoms with Crippen LogP contribution in [0.25, 0.3) is 0 Å². The minimum Gasteiger partial charge on any atom is -0.508 e. The Morgan fingerprint density at radius 1 is 1.45 bits per heavy atom. The first-order chi connectivity index (χ1) is 9.43. The number of hydrogen-bond acceptors (Lipinski definition) is 4. The molecule has 0 aromatic heterocycles. The number of hydrogen-bond donors (Lipinski definition) is 2. The summed E-state index contributed by atoms with van der Waals surface area (Å²) in [6, 6.07) is 5.52. The van der Waals surface area contributed by atoms with Gasteiger partial charge in [0.15, 0.2) is 0 Å². The summed E-state index contributed by atoms with van der Waals surface area (Å²) >= 11 is 2.68. The molecule has 1 aromatic carbocycles. The van der Waals surface area contributed by atoms with Gasteiger partial charge in [-0.25, -0.2) is 4.39 Å². The van der Waals surface area contributed by atoms with Gasteiger partial charge in [0, 0.05) is 13.1 Å². The van der Waals surface area contributed by atoms with Crippen molar-refractivity contribution in [2.75, 3.05) is 26.3 Å². The van der Waals surface area contributed by atoms with Gasteiger partial charge in [0.05, 0.1) is 13.2 Å². The maximum atomic E-state index is 14.6. The van der Waals surface area contributed by atoms with E-state index >= 15 is 0 Å². The van der Waals surface area contributed by atoms with E-state index in [-0.39, 0.29) is 24.4 Å². The molecule has 0 spiro atoms. The van der Waals surface area contributed by atoms with Crippen LogP contribution in [0.2, 0.25) is 0 Å². The third kappa shape index (κ3) is 3.11. The normalized spacial score (nSPS) is 20.2.